The van der Waals surface area contributed by atoms with Crippen LogP contribution in [0.25, 0.3) is 55.7 Å². The molecule has 0 aliphatic carbocycles. The van der Waals surface area contributed by atoms with E-state index in [1.54, 1.807) is 18.6 Å². The quantitative estimate of drug-likeness (QED) is 0.348. The molecule has 0 amide bonds. The molecule has 0 saturated heterocycles. The van der Waals surface area contributed by atoms with E-state index >= 15 is 0 Å². The fraction of sp³-hybridized carbons (Fsp3) is 0.148. The summed E-state index contributed by atoms with van der Waals surface area (Å²) in [6.45, 7) is 1.42. The van der Waals surface area contributed by atoms with Crippen molar-refractivity contribution < 1.29 is 4.74 Å². The maximum atomic E-state index is 5.86. The van der Waals surface area contributed by atoms with Crippen LogP contribution in [0.1, 0.15) is 0 Å². The van der Waals surface area contributed by atoms with Gasteiger partial charge in [-0.1, -0.05) is 6.07 Å². The van der Waals surface area contributed by atoms with Crippen molar-refractivity contribution in [1.29, 1.82) is 0 Å². The third-order valence-corrected chi connectivity index (χ3v) is 6.00. The lowest BCUT2D eigenvalue weighted by molar-refractivity contribution is 0.261. The number of rotatable bonds is 7. The van der Waals surface area contributed by atoms with E-state index in [-0.39, 0.29) is 0 Å². The number of likely N-dealkylation sites (N-methyl/N-ethyl adjacent to an activating group) is 1. The first-order valence-corrected chi connectivity index (χ1v) is 11.6. The van der Waals surface area contributed by atoms with E-state index in [1.807, 2.05) is 63.0 Å². The monoisotopic (exact) mass is 476 g/mol. The Bertz CT molecular complexity index is 1660. The average molecular weight is 477 g/mol. The van der Waals surface area contributed by atoms with Gasteiger partial charge in [0.2, 0.25) is 0 Å². The van der Waals surface area contributed by atoms with Crippen LogP contribution < -0.4 is 4.74 Å². The molecule has 6 aromatic rings. The molecular formula is C27H24N8O. The topological polar surface area (TPSA) is 109 Å². The molecule has 0 aromatic carbocycles. The van der Waals surface area contributed by atoms with Crippen LogP contribution in [0.3, 0.4) is 0 Å². The molecule has 0 radical (unpaired) electrons. The number of aromatic nitrogens is 7. The number of aromatic amines is 2. The number of nitrogens with zero attached hydrogens (tertiary/aromatic N) is 6. The Labute approximate surface area is 207 Å². The summed E-state index contributed by atoms with van der Waals surface area (Å²) in [6.07, 6.45) is 10.8. The Morgan fingerprint density at radius 3 is 2.64 bits per heavy atom. The second-order valence-electron chi connectivity index (χ2n) is 8.80. The molecule has 0 aliphatic rings. The van der Waals surface area contributed by atoms with Crippen molar-refractivity contribution in [2.75, 3.05) is 27.2 Å². The Hall–Kier alpha value is -4.63. The number of nitrogens with one attached hydrogen (secondary N) is 2. The van der Waals surface area contributed by atoms with Crippen LogP contribution in [-0.4, -0.2) is 67.3 Å². The Morgan fingerprint density at radius 1 is 0.889 bits per heavy atom. The zero-order valence-corrected chi connectivity index (χ0v) is 19.9. The van der Waals surface area contributed by atoms with Gasteiger partial charge in [-0.3, -0.25) is 20.1 Å². The lowest BCUT2D eigenvalue weighted by Gasteiger charge is -2.11. The number of hydrogen-bond acceptors (Lipinski definition) is 7. The van der Waals surface area contributed by atoms with Crippen LogP contribution in [0.4, 0.5) is 0 Å². The van der Waals surface area contributed by atoms with Crippen LogP contribution in [0.15, 0.2) is 73.6 Å². The molecule has 36 heavy (non-hydrogen) atoms. The Morgan fingerprint density at radius 2 is 1.78 bits per heavy atom. The highest BCUT2D eigenvalue weighted by atomic mass is 16.5. The van der Waals surface area contributed by atoms with Crippen LogP contribution >= 0.6 is 0 Å². The molecule has 0 spiro atoms. The third kappa shape index (κ3) is 4.16. The van der Waals surface area contributed by atoms with E-state index < -0.39 is 0 Å². The number of pyridine rings is 4. The Kier molecular flexibility index (Phi) is 5.59. The molecule has 9 nitrogen and oxygen atoms in total. The van der Waals surface area contributed by atoms with Crippen molar-refractivity contribution in [1.82, 2.24) is 40.0 Å². The molecule has 0 fully saturated rings. The van der Waals surface area contributed by atoms with Gasteiger partial charge in [0.05, 0.1) is 34.8 Å². The van der Waals surface area contributed by atoms with Crippen LogP contribution in [-0.2, 0) is 0 Å². The van der Waals surface area contributed by atoms with Crippen LogP contribution in [0.5, 0.6) is 5.75 Å². The summed E-state index contributed by atoms with van der Waals surface area (Å²) < 4.78 is 5.86. The average Bonchev–Trinajstić information content (AvgIpc) is 3.53. The molecule has 0 saturated carbocycles. The van der Waals surface area contributed by atoms with Crippen molar-refractivity contribution in [3.05, 3.63) is 73.6 Å². The summed E-state index contributed by atoms with van der Waals surface area (Å²) in [5, 5.41) is 8.73. The van der Waals surface area contributed by atoms with Crippen molar-refractivity contribution in [3.8, 4) is 39.5 Å². The fourth-order valence-electron chi connectivity index (χ4n) is 4.16. The first-order chi connectivity index (χ1) is 17.7. The maximum Gasteiger partial charge on any atom is 0.138 e. The summed E-state index contributed by atoms with van der Waals surface area (Å²) in [5.74, 6) is 0.717. The van der Waals surface area contributed by atoms with Crippen molar-refractivity contribution in [3.63, 3.8) is 0 Å². The van der Waals surface area contributed by atoms with Gasteiger partial charge in [0.15, 0.2) is 0 Å². The predicted molar refractivity (Wildman–Crippen MR) is 139 cm³/mol. The van der Waals surface area contributed by atoms with Gasteiger partial charge in [-0.25, -0.2) is 4.98 Å². The largest absolute Gasteiger partial charge is 0.491 e. The van der Waals surface area contributed by atoms with Gasteiger partial charge in [-0.15, -0.1) is 0 Å². The highest BCUT2D eigenvalue weighted by Gasteiger charge is 2.16. The zero-order valence-electron chi connectivity index (χ0n) is 19.9. The molecular weight excluding hydrogens is 452 g/mol. The van der Waals surface area contributed by atoms with E-state index in [4.69, 9.17) is 9.72 Å². The summed E-state index contributed by atoms with van der Waals surface area (Å²) >= 11 is 0. The molecule has 0 atom stereocenters. The predicted octanol–water partition coefficient (Wildman–Crippen LogP) is 4.57. The molecule has 178 valence electrons. The molecule has 6 heterocycles. The SMILES string of the molecule is CN(C)CCOc1cncc(-c2ccc3[nH]nc(-c4cc5c(-c6cccnc6)cncc5[nH]4)c3n2)c1. The lowest BCUT2D eigenvalue weighted by Crippen LogP contribution is -2.19. The highest BCUT2D eigenvalue weighted by Crippen LogP contribution is 2.33. The van der Waals surface area contributed by atoms with Crippen LogP contribution in [0.2, 0.25) is 0 Å². The number of ether oxygens (including phenoxy) is 1. The van der Waals surface area contributed by atoms with E-state index in [1.165, 1.54) is 0 Å². The molecule has 6 aromatic heterocycles. The molecule has 6 rings (SSSR count). The van der Waals surface area contributed by atoms with Gasteiger partial charge in [0.25, 0.3) is 0 Å². The summed E-state index contributed by atoms with van der Waals surface area (Å²) in [7, 11) is 4.03. The van der Waals surface area contributed by atoms with E-state index in [0.29, 0.717) is 6.61 Å². The first kappa shape index (κ1) is 21.9. The minimum absolute atomic E-state index is 0.590. The maximum absolute atomic E-state index is 5.86. The minimum Gasteiger partial charge on any atom is -0.491 e. The summed E-state index contributed by atoms with van der Waals surface area (Å²) in [4.78, 5) is 23.5. The molecule has 0 bridgehead atoms. The second-order valence-corrected chi connectivity index (χ2v) is 8.80. The smallest absolute Gasteiger partial charge is 0.138 e. The highest BCUT2D eigenvalue weighted by molar-refractivity contribution is 5.99. The van der Waals surface area contributed by atoms with E-state index in [9.17, 15) is 0 Å². The number of H-pyrrole nitrogens is 2. The molecule has 2 N–H and O–H groups in total. The van der Waals surface area contributed by atoms with E-state index in [2.05, 4.69) is 41.1 Å². The zero-order chi connectivity index (χ0) is 24.5. The van der Waals surface area contributed by atoms with Gasteiger partial charge in [0.1, 0.15) is 23.6 Å². The van der Waals surface area contributed by atoms with Gasteiger partial charge in [-0.05, 0) is 44.4 Å². The van der Waals surface area contributed by atoms with Crippen molar-refractivity contribution in [2.24, 2.45) is 0 Å². The first-order valence-electron chi connectivity index (χ1n) is 11.6. The second kappa shape index (κ2) is 9.20. The lowest BCUT2D eigenvalue weighted by atomic mass is 10.1. The minimum atomic E-state index is 0.590. The van der Waals surface area contributed by atoms with Gasteiger partial charge in [-0.2, -0.15) is 5.10 Å². The van der Waals surface area contributed by atoms with E-state index in [0.717, 1.165) is 68.0 Å². The fourth-order valence-corrected chi connectivity index (χ4v) is 4.16. The third-order valence-electron chi connectivity index (χ3n) is 6.00. The number of fused-ring (bicyclic) bond motifs is 2. The van der Waals surface area contributed by atoms with Crippen molar-refractivity contribution in [2.45, 2.75) is 0 Å². The molecule has 0 unspecified atom stereocenters. The summed E-state index contributed by atoms with van der Waals surface area (Å²) in [5.41, 5.74) is 7.84. The molecule has 9 heteroatoms. The van der Waals surface area contributed by atoms with Gasteiger partial charge >= 0.3 is 0 Å². The van der Waals surface area contributed by atoms with Gasteiger partial charge < -0.3 is 14.6 Å². The van der Waals surface area contributed by atoms with Gasteiger partial charge in [0, 0.05) is 53.4 Å². The van der Waals surface area contributed by atoms with Crippen LogP contribution in [0, 0.1) is 0 Å². The summed E-state index contributed by atoms with van der Waals surface area (Å²) in [6, 6.07) is 11.9. The number of hydrogen-bond donors (Lipinski definition) is 2. The molecule has 0 aliphatic heterocycles. The Balaban J connectivity index is 1.38. The van der Waals surface area contributed by atoms with Crippen molar-refractivity contribution >= 4 is 21.9 Å². The normalized spacial score (nSPS) is 11.5. The standard InChI is InChI=1S/C27H24N8O/c1-35(2)8-9-36-19-10-18(13-29-14-19)22-5-6-23-26(32-22)27(34-33-23)24-11-20-21(15-30-16-25(20)31-24)17-4-3-7-28-12-17/h3-7,10-16,31H,8-9H2,1-2H3,(H,33,34).